The van der Waals surface area contributed by atoms with Crippen molar-refractivity contribution in [3.8, 4) is 10.6 Å². The first-order valence-electron chi connectivity index (χ1n) is 10.1. The lowest BCUT2D eigenvalue weighted by atomic mass is 10.1. The van der Waals surface area contributed by atoms with Crippen LogP contribution in [0.15, 0.2) is 18.2 Å². The number of aryl methyl sites for hydroxylation is 3. The lowest BCUT2D eigenvalue weighted by Crippen LogP contribution is -2.37. The second kappa shape index (κ2) is 10.9. The Morgan fingerprint density at radius 1 is 1.29 bits per heavy atom. The number of nitrogens with zero attached hydrogens (tertiary/aromatic N) is 3. The van der Waals surface area contributed by atoms with Gasteiger partial charge in [0.25, 0.3) is 0 Å². The summed E-state index contributed by atoms with van der Waals surface area (Å²) in [7, 11) is 0. The zero-order chi connectivity index (χ0) is 20.7. The second-order valence-electron chi connectivity index (χ2n) is 7.10. The van der Waals surface area contributed by atoms with Gasteiger partial charge in [0.15, 0.2) is 0 Å². The van der Waals surface area contributed by atoms with Gasteiger partial charge in [-0.2, -0.15) is 0 Å². The molecule has 2 heterocycles. The maximum Gasteiger partial charge on any atom is 0.209 e. The van der Waals surface area contributed by atoms with Crippen LogP contribution in [-0.4, -0.2) is 53.4 Å². The fourth-order valence-electron chi connectivity index (χ4n) is 3.60. The summed E-state index contributed by atoms with van der Waals surface area (Å²) >= 11 is 7.79. The number of halogens is 1. The van der Waals surface area contributed by atoms with E-state index in [-0.39, 0.29) is 0 Å². The van der Waals surface area contributed by atoms with Gasteiger partial charge in [-0.3, -0.25) is 9.69 Å². The zero-order valence-electron chi connectivity index (χ0n) is 17.7. The van der Waals surface area contributed by atoms with Gasteiger partial charge in [0.1, 0.15) is 5.01 Å². The summed E-state index contributed by atoms with van der Waals surface area (Å²) in [5.74, 6) is 0. The van der Waals surface area contributed by atoms with E-state index in [0.29, 0.717) is 6.04 Å². The molecule has 6 heteroatoms. The molecule has 1 aromatic heterocycles. The average Bonchev–Trinajstić information content (AvgIpc) is 3.32. The highest BCUT2D eigenvalue weighted by molar-refractivity contribution is 7.15. The summed E-state index contributed by atoms with van der Waals surface area (Å²) in [6.07, 6.45) is 3.15. The van der Waals surface area contributed by atoms with Crippen molar-refractivity contribution < 1.29 is 4.79 Å². The number of likely N-dealkylation sites (tertiary alicyclic amines) is 1. The van der Waals surface area contributed by atoms with Crippen molar-refractivity contribution in [2.75, 3.05) is 26.2 Å². The fourth-order valence-corrected chi connectivity index (χ4v) is 4.85. The normalized spacial score (nSPS) is 16.2. The molecular formula is C22H32ClN3OS. The number of aromatic nitrogens is 1. The summed E-state index contributed by atoms with van der Waals surface area (Å²) in [5, 5.41) is 1.85. The van der Waals surface area contributed by atoms with Crippen LogP contribution in [0.25, 0.3) is 10.6 Å². The summed E-state index contributed by atoms with van der Waals surface area (Å²) in [6, 6.07) is 6.56. The van der Waals surface area contributed by atoms with E-state index in [1.54, 1.807) is 11.3 Å². The molecule has 0 aliphatic carbocycles. The average molecular weight is 422 g/mol. The molecule has 1 saturated heterocycles. The van der Waals surface area contributed by atoms with Crippen molar-refractivity contribution in [1.29, 1.82) is 0 Å². The molecule has 1 amide bonds. The van der Waals surface area contributed by atoms with Crippen LogP contribution in [0, 0.1) is 13.8 Å². The SMILES string of the molecule is CCN(CC)C1CCN(C=O)C1.CCc1sc(-c2cc(Cl)ccc2C)nc1C. The van der Waals surface area contributed by atoms with Crippen molar-refractivity contribution in [1.82, 2.24) is 14.8 Å². The molecule has 1 atom stereocenters. The predicted molar refractivity (Wildman–Crippen MR) is 120 cm³/mol. The first kappa shape index (κ1) is 22.9. The largest absolute Gasteiger partial charge is 0.344 e. The molecular weight excluding hydrogens is 390 g/mol. The van der Waals surface area contributed by atoms with Gasteiger partial charge in [0, 0.05) is 34.6 Å². The number of likely N-dealkylation sites (N-methyl/N-ethyl adjacent to an activating group) is 1. The molecule has 1 aliphatic rings. The highest BCUT2D eigenvalue weighted by atomic mass is 35.5. The van der Waals surface area contributed by atoms with Crippen LogP contribution >= 0.6 is 22.9 Å². The molecule has 0 spiro atoms. The second-order valence-corrected chi connectivity index (χ2v) is 8.62. The standard InChI is InChI=1S/C13H14ClNS.C9H18N2O/c1-4-12-9(3)15-13(16-12)11-7-10(14)6-5-8(11)2;1-3-11(4-2)9-5-6-10(7-9)8-12/h5-7H,4H2,1-3H3;8-9H,3-7H2,1-2H3. The van der Waals surface area contributed by atoms with Gasteiger partial charge >= 0.3 is 0 Å². The third kappa shape index (κ3) is 5.79. The molecule has 2 aromatic rings. The predicted octanol–water partition coefficient (Wildman–Crippen LogP) is 5.20. The molecule has 1 aromatic carbocycles. The minimum absolute atomic E-state index is 0.602. The molecule has 0 radical (unpaired) electrons. The number of hydrogen-bond donors (Lipinski definition) is 0. The van der Waals surface area contributed by atoms with E-state index < -0.39 is 0 Å². The molecule has 1 aliphatic heterocycles. The van der Waals surface area contributed by atoms with Crippen LogP contribution in [-0.2, 0) is 11.2 Å². The van der Waals surface area contributed by atoms with Crippen molar-refractivity contribution in [3.63, 3.8) is 0 Å². The molecule has 3 rings (SSSR count). The van der Waals surface area contributed by atoms with Crippen LogP contribution < -0.4 is 0 Å². The summed E-state index contributed by atoms with van der Waals surface area (Å²) < 4.78 is 0. The van der Waals surface area contributed by atoms with Gasteiger partial charge < -0.3 is 4.90 Å². The van der Waals surface area contributed by atoms with E-state index in [1.165, 1.54) is 10.4 Å². The van der Waals surface area contributed by atoms with E-state index in [1.807, 2.05) is 23.1 Å². The maximum absolute atomic E-state index is 10.5. The van der Waals surface area contributed by atoms with E-state index in [4.69, 9.17) is 11.6 Å². The van der Waals surface area contributed by atoms with Gasteiger partial charge in [-0.15, -0.1) is 11.3 Å². The van der Waals surface area contributed by atoms with Crippen LogP contribution in [0.2, 0.25) is 5.02 Å². The fraction of sp³-hybridized carbons (Fsp3) is 0.545. The number of carbonyl (C=O) groups excluding carboxylic acids is 1. The molecule has 1 unspecified atom stereocenters. The minimum atomic E-state index is 0.602. The molecule has 154 valence electrons. The topological polar surface area (TPSA) is 36.4 Å². The first-order chi connectivity index (χ1) is 13.4. The molecule has 0 bridgehead atoms. The Labute approximate surface area is 178 Å². The molecule has 28 heavy (non-hydrogen) atoms. The number of rotatable bonds is 6. The third-order valence-electron chi connectivity index (χ3n) is 5.32. The summed E-state index contributed by atoms with van der Waals surface area (Å²) in [6.45, 7) is 14.7. The number of benzene rings is 1. The van der Waals surface area contributed by atoms with Crippen LogP contribution in [0.1, 0.15) is 43.3 Å². The lowest BCUT2D eigenvalue weighted by Gasteiger charge is -2.25. The van der Waals surface area contributed by atoms with Crippen molar-refractivity contribution in [3.05, 3.63) is 39.4 Å². The highest BCUT2D eigenvalue weighted by Crippen LogP contribution is 2.32. The third-order valence-corrected chi connectivity index (χ3v) is 6.89. The first-order valence-corrected chi connectivity index (χ1v) is 11.3. The number of hydrogen-bond acceptors (Lipinski definition) is 4. The lowest BCUT2D eigenvalue weighted by molar-refractivity contribution is -0.117. The minimum Gasteiger partial charge on any atom is -0.344 e. The smallest absolute Gasteiger partial charge is 0.209 e. The maximum atomic E-state index is 10.5. The monoisotopic (exact) mass is 421 g/mol. The van der Waals surface area contributed by atoms with E-state index >= 15 is 0 Å². The van der Waals surface area contributed by atoms with Gasteiger partial charge in [-0.1, -0.05) is 38.4 Å². The Kier molecular flexibility index (Phi) is 8.93. The highest BCUT2D eigenvalue weighted by Gasteiger charge is 2.24. The summed E-state index contributed by atoms with van der Waals surface area (Å²) in [5.41, 5.74) is 3.52. The van der Waals surface area contributed by atoms with Gasteiger partial charge in [-0.25, -0.2) is 4.98 Å². The van der Waals surface area contributed by atoms with Crippen molar-refractivity contribution in [2.24, 2.45) is 0 Å². The zero-order valence-corrected chi connectivity index (χ0v) is 19.2. The van der Waals surface area contributed by atoms with E-state index in [2.05, 4.69) is 44.5 Å². The quantitative estimate of drug-likeness (QED) is 0.601. The van der Waals surface area contributed by atoms with Gasteiger partial charge in [-0.05, 0) is 57.5 Å². The number of amides is 1. The Bertz CT molecular complexity index is 773. The molecule has 0 N–H and O–H groups in total. The van der Waals surface area contributed by atoms with Crippen LogP contribution in [0.5, 0.6) is 0 Å². The Morgan fingerprint density at radius 2 is 2.00 bits per heavy atom. The Hall–Kier alpha value is -1.43. The van der Waals surface area contributed by atoms with Gasteiger partial charge in [0.2, 0.25) is 6.41 Å². The van der Waals surface area contributed by atoms with Crippen LogP contribution in [0.3, 0.4) is 0 Å². The van der Waals surface area contributed by atoms with Crippen molar-refractivity contribution >= 4 is 29.3 Å². The number of thiazole rings is 1. The van der Waals surface area contributed by atoms with E-state index in [0.717, 1.165) is 66.7 Å². The molecule has 4 nitrogen and oxygen atoms in total. The Morgan fingerprint density at radius 3 is 2.54 bits per heavy atom. The van der Waals surface area contributed by atoms with Gasteiger partial charge in [0.05, 0.1) is 5.69 Å². The Balaban J connectivity index is 0.000000209. The van der Waals surface area contributed by atoms with Crippen LogP contribution in [0.4, 0.5) is 0 Å². The molecule has 0 saturated carbocycles. The molecule has 1 fully saturated rings. The van der Waals surface area contributed by atoms with E-state index in [9.17, 15) is 4.79 Å². The summed E-state index contributed by atoms with van der Waals surface area (Å²) in [4.78, 5) is 20.7. The number of carbonyl (C=O) groups is 1. The van der Waals surface area contributed by atoms with Crippen molar-refractivity contribution in [2.45, 2.75) is 53.5 Å².